The Balaban J connectivity index is 1.90. The van der Waals surface area contributed by atoms with Gasteiger partial charge in [0.25, 0.3) is 0 Å². The second kappa shape index (κ2) is 10.0. The van der Waals surface area contributed by atoms with Crippen molar-refractivity contribution in [2.45, 2.75) is 31.7 Å². The summed E-state index contributed by atoms with van der Waals surface area (Å²) in [7, 11) is -0.166. The van der Waals surface area contributed by atoms with E-state index in [4.69, 9.17) is 4.74 Å². The minimum atomic E-state index is -3.56. The fraction of sp³-hybridized carbons (Fsp3) is 0.429. The summed E-state index contributed by atoms with van der Waals surface area (Å²) in [4.78, 5) is 6.55. The summed E-state index contributed by atoms with van der Waals surface area (Å²) in [5, 5.41) is 4.32. The van der Waals surface area contributed by atoms with Crippen LogP contribution < -0.4 is 0 Å². The van der Waals surface area contributed by atoms with Gasteiger partial charge in [0.1, 0.15) is 0 Å². The molecule has 2 aromatic heterocycles. The van der Waals surface area contributed by atoms with E-state index in [0.717, 1.165) is 29.9 Å². The predicted molar refractivity (Wildman–Crippen MR) is 115 cm³/mol. The number of rotatable bonds is 11. The summed E-state index contributed by atoms with van der Waals surface area (Å²) in [6, 6.07) is 9.82. The van der Waals surface area contributed by atoms with Gasteiger partial charge in [0.05, 0.1) is 37.0 Å². The lowest BCUT2D eigenvalue weighted by molar-refractivity contribution is 0.217. The molecule has 9 heteroatoms. The van der Waals surface area contributed by atoms with Crippen molar-refractivity contribution >= 4 is 9.84 Å². The average molecular weight is 432 g/mol. The zero-order chi connectivity index (χ0) is 21.6. The van der Waals surface area contributed by atoms with Crippen molar-refractivity contribution in [2.24, 2.45) is 7.05 Å². The normalized spacial score (nSPS) is 12.0. The molecule has 0 unspecified atom stereocenters. The number of sulfone groups is 1. The van der Waals surface area contributed by atoms with Crippen LogP contribution in [0.15, 0.2) is 54.1 Å². The molecular weight excluding hydrogens is 402 g/mol. The van der Waals surface area contributed by atoms with Crippen molar-refractivity contribution in [3.63, 3.8) is 0 Å². The third-order valence-electron chi connectivity index (χ3n) is 4.92. The molecule has 0 bridgehead atoms. The third kappa shape index (κ3) is 5.56. The van der Waals surface area contributed by atoms with Gasteiger partial charge in [-0.15, -0.1) is 0 Å². The van der Waals surface area contributed by atoms with Gasteiger partial charge in [-0.25, -0.2) is 13.4 Å². The Morgan fingerprint density at radius 1 is 1.10 bits per heavy atom. The van der Waals surface area contributed by atoms with Crippen LogP contribution in [0.1, 0.15) is 23.7 Å². The van der Waals surface area contributed by atoms with Crippen molar-refractivity contribution in [2.75, 3.05) is 26.0 Å². The second-order valence-electron chi connectivity index (χ2n) is 7.24. The number of nitrogens with zero attached hydrogens (tertiary/aromatic N) is 5. The van der Waals surface area contributed by atoms with E-state index in [9.17, 15) is 8.42 Å². The zero-order valence-corrected chi connectivity index (χ0v) is 18.5. The molecule has 0 saturated carbocycles. The Kier molecular flexibility index (Phi) is 7.41. The van der Waals surface area contributed by atoms with E-state index in [-0.39, 0.29) is 17.5 Å². The van der Waals surface area contributed by atoms with Crippen LogP contribution in [0.4, 0.5) is 0 Å². The van der Waals surface area contributed by atoms with E-state index in [0.29, 0.717) is 13.1 Å². The molecule has 0 aliphatic heterocycles. The Morgan fingerprint density at radius 2 is 1.87 bits per heavy atom. The Hall–Kier alpha value is -2.49. The van der Waals surface area contributed by atoms with E-state index in [1.165, 1.54) is 7.11 Å². The Bertz CT molecular complexity index is 1040. The molecule has 0 saturated heterocycles. The fourth-order valence-corrected chi connectivity index (χ4v) is 4.61. The van der Waals surface area contributed by atoms with Crippen molar-refractivity contribution in [1.29, 1.82) is 0 Å². The first-order chi connectivity index (χ1) is 14.4. The fourth-order valence-electron chi connectivity index (χ4n) is 3.31. The number of hydrogen-bond donors (Lipinski definition) is 0. The quantitative estimate of drug-likeness (QED) is 0.462. The minimum Gasteiger partial charge on any atom is -0.384 e. The van der Waals surface area contributed by atoms with Gasteiger partial charge < -0.3 is 9.30 Å². The molecule has 0 spiro atoms. The molecular formula is C21H29N5O3S. The second-order valence-corrected chi connectivity index (χ2v) is 9.24. The van der Waals surface area contributed by atoms with E-state index < -0.39 is 9.84 Å². The predicted octanol–water partition coefficient (Wildman–Crippen LogP) is 2.11. The number of methoxy groups -OCH3 is 1. The molecule has 2 heterocycles. The van der Waals surface area contributed by atoms with E-state index in [2.05, 4.69) is 21.9 Å². The van der Waals surface area contributed by atoms with Gasteiger partial charge in [-0.2, -0.15) is 5.10 Å². The van der Waals surface area contributed by atoms with Crippen LogP contribution in [0.3, 0.4) is 0 Å². The number of aryl methyl sites for hydroxylation is 1. The molecule has 0 N–H and O–H groups in total. The van der Waals surface area contributed by atoms with Gasteiger partial charge in [0.15, 0.2) is 0 Å². The van der Waals surface area contributed by atoms with Gasteiger partial charge >= 0.3 is 0 Å². The molecule has 1 aromatic carbocycles. The lowest BCUT2D eigenvalue weighted by Gasteiger charge is -2.21. The topological polar surface area (TPSA) is 82.2 Å². The number of imidazole rings is 1. The largest absolute Gasteiger partial charge is 0.384 e. The van der Waals surface area contributed by atoms with Crippen LogP contribution in [-0.2, 0) is 41.3 Å². The lowest BCUT2D eigenvalue weighted by Crippen LogP contribution is -2.25. The molecule has 3 aromatic rings. The summed E-state index contributed by atoms with van der Waals surface area (Å²) >= 11 is 0. The van der Waals surface area contributed by atoms with Crippen molar-refractivity contribution in [3.8, 4) is 0 Å². The first kappa shape index (κ1) is 22.2. The standard InChI is InChI=1S/C21H29N5O3S/c1-4-25(15-19-12-23-24(2)14-19)17-20-13-22-21(30(27,28)11-10-29-3)26(20)16-18-8-6-5-7-9-18/h5-9,12-14H,4,10-11,15-17H2,1-3H3. The number of hydrogen-bond acceptors (Lipinski definition) is 6. The maximum atomic E-state index is 12.9. The molecule has 0 fully saturated rings. The highest BCUT2D eigenvalue weighted by molar-refractivity contribution is 7.91. The van der Waals surface area contributed by atoms with Gasteiger partial charge in [0.2, 0.25) is 15.0 Å². The SMILES string of the molecule is CCN(Cc1cnn(C)c1)Cc1cnc(S(=O)(=O)CCOC)n1Cc1ccccc1. The molecule has 3 rings (SSSR count). The monoisotopic (exact) mass is 431 g/mol. The highest BCUT2D eigenvalue weighted by atomic mass is 32.2. The molecule has 0 radical (unpaired) electrons. The summed E-state index contributed by atoms with van der Waals surface area (Å²) in [5.74, 6) is -0.0953. The van der Waals surface area contributed by atoms with Crippen molar-refractivity contribution < 1.29 is 13.2 Å². The maximum Gasteiger partial charge on any atom is 0.228 e. The van der Waals surface area contributed by atoms with Gasteiger partial charge in [0, 0.05) is 39.0 Å². The summed E-state index contributed by atoms with van der Waals surface area (Å²) < 4.78 is 34.3. The highest BCUT2D eigenvalue weighted by Gasteiger charge is 2.24. The third-order valence-corrected chi connectivity index (χ3v) is 6.50. The van der Waals surface area contributed by atoms with Gasteiger partial charge in [-0.05, 0) is 12.1 Å². The molecule has 8 nitrogen and oxygen atoms in total. The van der Waals surface area contributed by atoms with E-state index >= 15 is 0 Å². The molecule has 0 aliphatic rings. The highest BCUT2D eigenvalue weighted by Crippen LogP contribution is 2.18. The zero-order valence-electron chi connectivity index (χ0n) is 17.7. The number of benzene rings is 1. The molecule has 0 amide bonds. The van der Waals surface area contributed by atoms with E-state index in [1.54, 1.807) is 10.9 Å². The van der Waals surface area contributed by atoms with Crippen molar-refractivity contribution in [3.05, 3.63) is 65.7 Å². The Labute approximate surface area is 178 Å². The van der Waals surface area contributed by atoms with Crippen LogP contribution in [0, 0.1) is 0 Å². The van der Waals surface area contributed by atoms with E-state index in [1.807, 2.05) is 54.3 Å². The first-order valence-corrected chi connectivity index (χ1v) is 11.6. The Morgan fingerprint density at radius 3 is 2.50 bits per heavy atom. The average Bonchev–Trinajstić information content (AvgIpc) is 3.33. The van der Waals surface area contributed by atoms with Crippen LogP contribution in [0.2, 0.25) is 0 Å². The van der Waals surface area contributed by atoms with Gasteiger partial charge in [-0.1, -0.05) is 37.3 Å². The molecule has 0 atom stereocenters. The maximum absolute atomic E-state index is 12.9. The molecule has 162 valence electrons. The summed E-state index contributed by atoms with van der Waals surface area (Å²) in [6.45, 7) is 4.81. The first-order valence-electron chi connectivity index (χ1n) is 9.93. The van der Waals surface area contributed by atoms with Crippen LogP contribution in [0.25, 0.3) is 0 Å². The van der Waals surface area contributed by atoms with Crippen molar-refractivity contribution in [1.82, 2.24) is 24.2 Å². The number of aromatic nitrogens is 4. The van der Waals surface area contributed by atoms with Crippen LogP contribution in [0.5, 0.6) is 0 Å². The number of ether oxygens (including phenoxy) is 1. The van der Waals surface area contributed by atoms with Gasteiger partial charge in [-0.3, -0.25) is 9.58 Å². The summed E-state index contributed by atoms with van der Waals surface area (Å²) in [6.07, 6.45) is 5.52. The molecule has 30 heavy (non-hydrogen) atoms. The lowest BCUT2D eigenvalue weighted by atomic mass is 10.2. The van der Waals surface area contributed by atoms with Crippen LogP contribution >= 0.6 is 0 Å². The molecule has 0 aliphatic carbocycles. The minimum absolute atomic E-state index is 0.0934. The summed E-state index contributed by atoms with van der Waals surface area (Å²) in [5.41, 5.74) is 3.00. The smallest absolute Gasteiger partial charge is 0.228 e. The van der Waals surface area contributed by atoms with Crippen LogP contribution in [-0.4, -0.2) is 58.7 Å².